The number of likely N-dealkylation sites (tertiary alicyclic amines) is 1. The van der Waals surface area contributed by atoms with Crippen molar-refractivity contribution in [3.8, 4) is 5.69 Å². The number of carbonyl (C=O) groups is 2. The van der Waals surface area contributed by atoms with Crippen LogP contribution in [0.2, 0.25) is 0 Å². The van der Waals surface area contributed by atoms with Crippen molar-refractivity contribution in [2.75, 3.05) is 6.54 Å². The van der Waals surface area contributed by atoms with Gasteiger partial charge in [-0.1, -0.05) is 12.1 Å². The van der Waals surface area contributed by atoms with Gasteiger partial charge in [0.15, 0.2) is 5.69 Å². The lowest BCUT2D eigenvalue weighted by Crippen LogP contribution is -2.49. The molecule has 1 aliphatic rings. The average Bonchev–Trinajstić information content (AvgIpc) is 2.62. The molecule has 1 unspecified atom stereocenters. The maximum Gasteiger partial charge on any atom is 0.326 e. The summed E-state index contributed by atoms with van der Waals surface area (Å²) in [6.07, 6.45) is 1.68. The molecule has 26 heavy (non-hydrogen) atoms. The first-order valence-corrected chi connectivity index (χ1v) is 8.30. The summed E-state index contributed by atoms with van der Waals surface area (Å²) in [5.74, 6) is -2.40. The predicted molar refractivity (Wildman–Crippen MR) is 90.8 cm³/mol. The number of carboxylic acid groups (broad SMARTS) is 1. The van der Waals surface area contributed by atoms with Crippen LogP contribution in [0.4, 0.5) is 4.39 Å². The number of rotatable bonds is 3. The van der Waals surface area contributed by atoms with Crippen LogP contribution in [0, 0.1) is 12.7 Å². The third-order valence-electron chi connectivity index (χ3n) is 4.44. The number of carboxylic acids is 1. The van der Waals surface area contributed by atoms with E-state index in [9.17, 15) is 23.9 Å². The molecule has 1 aromatic carbocycles. The van der Waals surface area contributed by atoms with Gasteiger partial charge in [0.05, 0.1) is 0 Å². The minimum atomic E-state index is -1.11. The van der Waals surface area contributed by atoms with Gasteiger partial charge in [-0.3, -0.25) is 9.59 Å². The molecule has 0 spiro atoms. The van der Waals surface area contributed by atoms with Gasteiger partial charge in [0.25, 0.3) is 5.91 Å². The van der Waals surface area contributed by atoms with Crippen LogP contribution in [-0.4, -0.2) is 44.3 Å². The van der Waals surface area contributed by atoms with E-state index < -0.39 is 34.9 Å². The Bertz CT molecular complexity index is 925. The molecule has 1 aromatic heterocycles. The van der Waals surface area contributed by atoms with Gasteiger partial charge in [-0.05, 0) is 38.3 Å². The lowest BCUT2D eigenvalue weighted by atomic mass is 10.0. The van der Waals surface area contributed by atoms with Crippen molar-refractivity contribution in [3.63, 3.8) is 0 Å². The number of aromatic nitrogens is 2. The summed E-state index contributed by atoms with van der Waals surface area (Å²) in [5.41, 5.74) is -0.556. The van der Waals surface area contributed by atoms with E-state index >= 15 is 0 Å². The highest BCUT2D eigenvalue weighted by molar-refractivity contribution is 5.95. The Morgan fingerprint density at radius 3 is 2.69 bits per heavy atom. The lowest BCUT2D eigenvalue weighted by Gasteiger charge is -2.32. The van der Waals surface area contributed by atoms with Gasteiger partial charge in [-0.2, -0.15) is 5.10 Å². The molecule has 0 radical (unpaired) electrons. The number of aryl methyl sites for hydroxylation is 1. The molecular formula is C18H18FN3O4. The standard InChI is InChI=1S/C18H18FN3O4/c1-11-10-15(23)16(20-22(11)13-7-3-2-6-12(13)19)17(24)21-9-5-4-8-14(21)18(25)26/h2-3,6-7,10,14H,4-5,8-9H2,1H3,(H,25,26). The topological polar surface area (TPSA) is 92.5 Å². The minimum Gasteiger partial charge on any atom is -0.480 e. The fraction of sp³-hybridized carbons (Fsp3) is 0.333. The third-order valence-corrected chi connectivity index (χ3v) is 4.44. The number of piperidine rings is 1. The molecule has 3 rings (SSSR count). The largest absolute Gasteiger partial charge is 0.480 e. The van der Waals surface area contributed by atoms with Gasteiger partial charge < -0.3 is 10.0 Å². The van der Waals surface area contributed by atoms with E-state index in [1.807, 2.05) is 0 Å². The van der Waals surface area contributed by atoms with E-state index in [1.54, 1.807) is 13.0 Å². The molecule has 8 heteroatoms. The lowest BCUT2D eigenvalue weighted by molar-refractivity contribution is -0.143. The second-order valence-corrected chi connectivity index (χ2v) is 6.21. The smallest absolute Gasteiger partial charge is 0.326 e. The van der Waals surface area contributed by atoms with E-state index in [-0.39, 0.29) is 12.2 Å². The van der Waals surface area contributed by atoms with E-state index in [4.69, 9.17) is 0 Å². The van der Waals surface area contributed by atoms with Crippen LogP contribution in [-0.2, 0) is 4.79 Å². The van der Waals surface area contributed by atoms with Crippen LogP contribution in [0.1, 0.15) is 35.4 Å². The highest BCUT2D eigenvalue weighted by atomic mass is 19.1. The monoisotopic (exact) mass is 359 g/mol. The van der Waals surface area contributed by atoms with Crippen molar-refractivity contribution < 1.29 is 19.1 Å². The Kier molecular flexibility index (Phi) is 4.83. The molecule has 7 nitrogen and oxygen atoms in total. The Morgan fingerprint density at radius 1 is 1.27 bits per heavy atom. The van der Waals surface area contributed by atoms with E-state index in [0.717, 1.165) is 4.90 Å². The van der Waals surface area contributed by atoms with Crippen LogP contribution >= 0.6 is 0 Å². The van der Waals surface area contributed by atoms with Crippen LogP contribution in [0.15, 0.2) is 35.1 Å². The van der Waals surface area contributed by atoms with Gasteiger partial charge in [-0.25, -0.2) is 13.9 Å². The minimum absolute atomic E-state index is 0.104. The zero-order valence-electron chi connectivity index (χ0n) is 14.2. The maximum absolute atomic E-state index is 14.1. The summed E-state index contributed by atoms with van der Waals surface area (Å²) in [6, 6.07) is 6.08. The number of benzene rings is 1. The van der Waals surface area contributed by atoms with Gasteiger partial charge in [0, 0.05) is 18.3 Å². The van der Waals surface area contributed by atoms with E-state index in [2.05, 4.69) is 5.10 Å². The normalized spacial score (nSPS) is 17.2. The molecule has 2 heterocycles. The number of nitrogens with zero attached hydrogens (tertiary/aromatic N) is 3. The summed E-state index contributed by atoms with van der Waals surface area (Å²) in [4.78, 5) is 37.7. The summed E-state index contributed by atoms with van der Waals surface area (Å²) < 4.78 is 15.3. The zero-order chi connectivity index (χ0) is 18.8. The predicted octanol–water partition coefficient (Wildman–Crippen LogP) is 1.76. The number of halogens is 1. The average molecular weight is 359 g/mol. The molecule has 1 N–H and O–H groups in total. The Labute approximate surface area is 148 Å². The SMILES string of the molecule is Cc1cc(=O)c(C(=O)N2CCCCC2C(=O)O)nn1-c1ccccc1F. The quantitative estimate of drug-likeness (QED) is 0.901. The number of para-hydroxylation sites is 1. The number of amides is 1. The van der Waals surface area contributed by atoms with Crippen LogP contribution in [0.25, 0.3) is 5.69 Å². The zero-order valence-corrected chi connectivity index (χ0v) is 14.2. The van der Waals surface area contributed by atoms with E-state index in [0.29, 0.717) is 25.0 Å². The summed E-state index contributed by atoms with van der Waals surface area (Å²) in [6.45, 7) is 1.82. The summed E-state index contributed by atoms with van der Waals surface area (Å²) in [7, 11) is 0. The van der Waals surface area contributed by atoms with Crippen molar-refractivity contribution in [3.05, 3.63) is 57.8 Å². The Hall–Kier alpha value is -3.03. The Morgan fingerprint density at radius 2 is 2.00 bits per heavy atom. The first kappa shape index (κ1) is 17.8. The highest BCUT2D eigenvalue weighted by Crippen LogP contribution is 2.19. The maximum atomic E-state index is 14.1. The molecule has 1 amide bonds. The summed E-state index contributed by atoms with van der Waals surface area (Å²) >= 11 is 0. The molecule has 0 aliphatic carbocycles. The fourth-order valence-corrected chi connectivity index (χ4v) is 3.13. The second kappa shape index (κ2) is 7.07. The molecule has 1 saturated heterocycles. The molecule has 1 fully saturated rings. The second-order valence-electron chi connectivity index (χ2n) is 6.21. The van der Waals surface area contributed by atoms with Crippen molar-refractivity contribution >= 4 is 11.9 Å². The third kappa shape index (κ3) is 3.22. The van der Waals surface area contributed by atoms with Crippen molar-refractivity contribution in [2.45, 2.75) is 32.2 Å². The molecule has 1 aliphatic heterocycles. The molecule has 0 bridgehead atoms. The van der Waals surface area contributed by atoms with Gasteiger partial charge in [0.2, 0.25) is 5.43 Å². The van der Waals surface area contributed by atoms with Crippen LogP contribution in [0.5, 0.6) is 0 Å². The van der Waals surface area contributed by atoms with Gasteiger partial charge in [0.1, 0.15) is 17.5 Å². The van der Waals surface area contributed by atoms with Crippen LogP contribution < -0.4 is 5.43 Å². The first-order valence-electron chi connectivity index (χ1n) is 8.30. The summed E-state index contributed by atoms with van der Waals surface area (Å²) in [5, 5.41) is 13.4. The Balaban J connectivity index is 2.06. The first-order chi connectivity index (χ1) is 12.4. The number of hydrogen-bond donors (Lipinski definition) is 1. The number of carbonyl (C=O) groups excluding carboxylic acids is 1. The van der Waals surface area contributed by atoms with Gasteiger partial charge in [-0.15, -0.1) is 0 Å². The highest BCUT2D eigenvalue weighted by Gasteiger charge is 2.34. The number of hydrogen-bond acceptors (Lipinski definition) is 4. The fourth-order valence-electron chi connectivity index (χ4n) is 3.13. The van der Waals surface area contributed by atoms with Crippen molar-refractivity contribution in [1.82, 2.24) is 14.7 Å². The van der Waals surface area contributed by atoms with Crippen molar-refractivity contribution in [2.24, 2.45) is 0 Å². The molecular weight excluding hydrogens is 341 g/mol. The molecule has 0 saturated carbocycles. The van der Waals surface area contributed by atoms with Crippen LogP contribution in [0.3, 0.4) is 0 Å². The van der Waals surface area contributed by atoms with E-state index in [1.165, 1.54) is 28.9 Å². The number of aliphatic carboxylic acids is 1. The van der Waals surface area contributed by atoms with Gasteiger partial charge >= 0.3 is 5.97 Å². The van der Waals surface area contributed by atoms with Crippen molar-refractivity contribution in [1.29, 1.82) is 0 Å². The molecule has 1 atom stereocenters. The molecule has 136 valence electrons. The molecule has 2 aromatic rings.